The fourth-order valence-corrected chi connectivity index (χ4v) is 2.69. The van der Waals surface area contributed by atoms with E-state index in [1.807, 2.05) is 0 Å². The number of benzene rings is 1. The summed E-state index contributed by atoms with van der Waals surface area (Å²) < 4.78 is 23.8. The van der Waals surface area contributed by atoms with Gasteiger partial charge in [-0.05, 0) is 23.8 Å². The topological polar surface area (TPSA) is 119 Å². The minimum atomic E-state index is -3.92. The number of hydrogen-bond acceptors (Lipinski definition) is 5. The van der Waals surface area contributed by atoms with Crippen molar-refractivity contribution < 1.29 is 22.8 Å². The van der Waals surface area contributed by atoms with E-state index < -0.39 is 22.5 Å². The third-order valence-electron chi connectivity index (χ3n) is 2.82. The van der Waals surface area contributed by atoms with E-state index in [2.05, 4.69) is 4.84 Å². The molecule has 2 rings (SSSR count). The molecule has 0 aromatic heterocycles. The molecule has 0 saturated heterocycles. The molecule has 0 bridgehead atoms. The molecule has 2 amide bonds. The summed E-state index contributed by atoms with van der Waals surface area (Å²) in [7, 11) is -2.30. The van der Waals surface area contributed by atoms with Gasteiger partial charge in [-0.25, -0.2) is 8.42 Å². The molecule has 0 saturated carbocycles. The van der Waals surface area contributed by atoms with Crippen molar-refractivity contribution in [3.05, 3.63) is 23.8 Å². The number of fused-ring (bicyclic) bond motifs is 1. The Labute approximate surface area is 115 Å². The van der Waals surface area contributed by atoms with Gasteiger partial charge in [0.2, 0.25) is 11.8 Å². The molecule has 1 heterocycles. The summed E-state index contributed by atoms with van der Waals surface area (Å²) in [6.07, 6.45) is 0.150. The number of nitrogens with two attached hydrogens (primary N) is 1. The zero-order valence-corrected chi connectivity index (χ0v) is 11.4. The van der Waals surface area contributed by atoms with Gasteiger partial charge in [0.15, 0.2) is 0 Å². The van der Waals surface area contributed by atoms with Gasteiger partial charge in [0.05, 0.1) is 11.3 Å². The maximum absolute atomic E-state index is 11.9. The summed E-state index contributed by atoms with van der Waals surface area (Å²) in [6.45, 7) is -0.564. The molecule has 108 valence electrons. The number of amides is 2. The fraction of sp³-hybridized carbons (Fsp3) is 0.273. The van der Waals surface area contributed by atoms with Gasteiger partial charge in [-0.1, -0.05) is 4.89 Å². The summed E-state index contributed by atoms with van der Waals surface area (Å²) in [5, 5.41) is 0. The third kappa shape index (κ3) is 2.79. The lowest BCUT2D eigenvalue weighted by Gasteiger charge is -2.11. The minimum absolute atomic E-state index is 0.0520. The van der Waals surface area contributed by atoms with E-state index in [1.54, 1.807) is 18.0 Å². The standard InChI is InChI=1S/C11H13N3O5S/c1-14-9-3-2-8(4-7(9)5-11(14)16)20(17,18)13-19-6-10(12)15/h2-4,13H,5-6H2,1H3,(H2,12,15). The van der Waals surface area contributed by atoms with Crippen LogP contribution >= 0.6 is 0 Å². The Bertz CT molecular complexity index is 671. The first kappa shape index (κ1) is 14.4. The minimum Gasteiger partial charge on any atom is -0.368 e. The van der Waals surface area contributed by atoms with Crippen LogP contribution in [0.25, 0.3) is 0 Å². The molecule has 0 atom stereocenters. The van der Waals surface area contributed by atoms with Crippen molar-refractivity contribution in [2.45, 2.75) is 11.3 Å². The average molecular weight is 299 g/mol. The number of carbonyl (C=O) groups is 2. The van der Waals surface area contributed by atoms with Gasteiger partial charge in [-0.3, -0.25) is 14.4 Å². The van der Waals surface area contributed by atoms with E-state index in [0.717, 1.165) is 0 Å². The van der Waals surface area contributed by atoms with Gasteiger partial charge in [0, 0.05) is 12.7 Å². The van der Waals surface area contributed by atoms with Crippen LogP contribution in [-0.4, -0.2) is 33.9 Å². The summed E-state index contributed by atoms with van der Waals surface area (Å²) in [6, 6.07) is 4.29. The van der Waals surface area contributed by atoms with Crippen LogP contribution < -0.4 is 15.5 Å². The fourth-order valence-electron chi connectivity index (χ4n) is 1.84. The Balaban J connectivity index is 2.20. The van der Waals surface area contributed by atoms with Gasteiger partial charge >= 0.3 is 0 Å². The molecular formula is C11H13N3O5S. The van der Waals surface area contributed by atoms with Crippen LogP contribution in [0.3, 0.4) is 0 Å². The van der Waals surface area contributed by atoms with Crippen molar-refractivity contribution >= 4 is 27.5 Å². The van der Waals surface area contributed by atoms with E-state index in [1.165, 1.54) is 17.0 Å². The zero-order valence-electron chi connectivity index (χ0n) is 10.6. The summed E-state index contributed by atoms with van der Waals surface area (Å²) in [5.41, 5.74) is 6.12. The lowest BCUT2D eigenvalue weighted by molar-refractivity contribution is -0.123. The normalized spacial score (nSPS) is 14.4. The average Bonchev–Trinajstić information content (AvgIpc) is 2.64. The number of likely N-dealkylation sites (N-methyl/N-ethyl adjacent to an activating group) is 1. The molecule has 1 aliphatic heterocycles. The predicted octanol–water partition coefficient (Wildman–Crippen LogP) is -1.10. The second-order valence-electron chi connectivity index (χ2n) is 4.26. The molecular weight excluding hydrogens is 286 g/mol. The highest BCUT2D eigenvalue weighted by molar-refractivity contribution is 7.89. The smallest absolute Gasteiger partial charge is 0.262 e. The number of nitrogens with zero attached hydrogens (tertiary/aromatic N) is 1. The van der Waals surface area contributed by atoms with Crippen LogP contribution in [0.5, 0.6) is 0 Å². The second-order valence-corrected chi connectivity index (χ2v) is 5.91. The molecule has 1 aliphatic rings. The Morgan fingerprint density at radius 2 is 2.20 bits per heavy atom. The van der Waals surface area contributed by atoms with Crippen molar-refractivity contribution in [2.75, 3.05) is 18.6 Å². The molecule has 0 radical (unpaired) electrons. The highest BCUT2D eigenvalue weighted by atomic mass is 32.2. The Kier molecular flexibility index (Phi) is 3.75. The molecule has 20 heavy (non-hydrogen) atoms. The SMILES string of the molecule is CN1C(=O)Cc2cc(S(=O)(=O)NOCC(N)=O)ccc21. The summed E-state index contributed by atoms with van der Waals surface area (Å²) in [4.78, 5) is 29.7. The lowest BCUT2D eigenvalue weighted by atomic mass is 10.2. The van der Waals surface area contributed by atoms with Crippen LogP contribution in [0.15, 0.2) is 23.1 Å². The van der Waals surface area contributed by atoms with Crippen LogP contribution in [0.1, 0.15) is 5.56 Å². The van der Waals surface area contributed by atoms with Crippen LogP contribution in [0, 0.1) is 0 Å². The summed E-state index contributed by atoms with van der Waals surface area (Å²) >= 11 is 0. The monoisotopic (exact) mass is 299 g/mol. The number of rotatable bonds is 5. The van der Waals surface area contributed by atoms with E-state index >= 15 is 0 Å². The maximum atomic E-state index is 11.9. The quantitative estimate of drug-likeness (QED) is 0.669. The van der Waals surface area contributed by atoms with Crippen molar-refractivity contribution in [3.8, 4) is 0 Å². The Morgan fingerprint density at radius 1 is 1.50 bits per heavy atom. The molecule has 1 aromatic rings. The molecule has 0 fully saturated rings. The molecule has 8 nitrogen and oxygen atoms in total. The van der Waals surface area contributed by atoms with E-state index in [9.17, 15) is 18.0 Å². The van der Waals surface area contributed by atoms with E-state index in [0.29, 0.717) is 11.3 Å². The highest BCUT2D eigenvalue weighted by Crippen LogP contribution is 2.29. The van der Waals surface area contributed by atoms with Crippen molar-refractivity contribution in [1.29, 1.82) is 0 Å². The first-order valence-corrected chi connectivity index (χ1v) is 7.11. The van der Waals surface area contributed by atoms with Gasteiger partial charge < -0.3 is 10.6 Å². The van der Waals surface area contributed by atoms with Crippen LogP contribution in [0.4, 0.5) is 5.69 Å². The Hall–Kier alpha value is -1.97. The van der Waals surface area contributed by atoms with Crippen LogP contribution in [0.2, 0.25) is 0 Å². The van der Waals surface area contributed by atoms with Gasteiger partial charge in [0.1, 0.15) is 6.61 Å². The third-order valence-corrected chi connectivity index (χ3v) is 4.03. The van der Waals surface area contributed by atoms with Crippen LogP contribution in [-0.2, 0) is 30.9 Å². The molecule has 1 aromatic carbocycles. The molecule has 9 heteroatoms. The first-order valence-electron chi connectivity index (χ1n) is 5.62. The van der Waals surface area contributed by atoms with E-state index in [-0.39, 0.29) is 17.2 Å². The van der Waals surface area contributed by atoms with Gasteiger partial charge in [0.25, 0.3) is 10.0 Å². The second kappa shape index (κ2) is 5.19. The number of anilines is 1. The largest absolute Gasteiger partial charge is 0.368 e. The number of carbonyl (C=O) groups excluding carboxylic acids is 2. The number of sulfonamides is 1. The number of primary amides is 1. The maximum Gasteiger partial charge on any atom is 0.262 e. The first-order chi connectivity index (χ1) is 9.31. The summed E-state index contributed by atoms with van der Waals surface area (Å²) in [5.74, 6) is -0.902. The lowest BCUT2D eigenvalue weighted by Crippen LogP contribution is -2.29. The number of hydrogen-bond donors (Lipinski definition) is 2. The Morgan fingerprint density at radius 3 is 2.85 bits per heavy atom. The van der Waals surface area contributed by atoms with Gasteiger partial charge in [-0.15, -0.1) is 0 Å². The molecule has 0 aliphatic carbocycles. The van der Waals surface area contributed by atoms with Crippen molar-refractivity contribution in [1.82, 2.24) is 4.89 Å². The molecule has 0 unspecified atom stereocenters. The van der Waals surface area contributed by atoms with E-state index in [4.69, 9.17) is 5.73 Å². The predicted molar refractivity (Wildman–Crippen MR) is 69.0 cm³/mol. The van der Waals surface area contributed by atoms with Crippen molar-refractivity contribution in [2.24, 2.45) is 5.73 Å². The highest BCUT2D eigenvalue weighted by Gasteiger charge is 2.26. The molecule has 0 spiro atoms. The zero-order chi connectivity index (χ0) is 14.9. The van der Waals surface area contributed by atoms with Gasteiger partial charge in [-0.2, -0.15) is 0 Å². The van der Waals surface area contributed by atoms with Crippen molar-refractivity contribution in [3.63, 3.8) is 0 Å². The molecule has 3 N–H and O–H groups in total. The number of nitrogens with one attached hydrogen (secondary N) is 1.